The lowest BCUT2D eigenvalue weighted by Gasteiger charge is -2.29. The maximum Gasteiger partial charge on any atom is 0.349 e. The molecule has 2 aromatic rings. The van der Waals surface area contributed by atoms with Gasteiger partial charge in [0.2, 0.25) is 0 Å². The van der Waals surface area contributed by atoms with Crippen LogP contribution in [0.15, 0.2) is 39.5 Å². The van der Waals surface area contributed by atoms with Gasteiger partial charge in [0.25, 0.3) is 5.91 Å². The van der Waals surface area contributed by atoms with Crippen LogP contribution in [0.5, 0.6) is 0 Å². The largest absolute Gasteiger partial charge is 0.422 e. The lowest BCUT2D eigenvalue weighted by Crippen LogP contribution is -3.12. The number of nitrogens with one attached hydrogen (secondary N) is 1. The van der Waals surface area contributed by atoms with Crippen LogP contribution in [-0.2, 0) is 0 Å². The maximum absolute atomic E-state index is 12.4. The summed E-state index contributed by atoms with van der Waals surface area (Å²) in [5.74, 6) is -0.225. The van der Waals surface area contributed by atoms with E-state index < -0.39 is 5.63 Å². The maximum atomic E-state index is 12.4. The summed E-state index contributed by atoms with van der Waals surface area (Å²) in [6, 6.07) is 8.86. The Labute approximate surface area is 116 Å². The van der Waals surface area contributed by atoms with Crippen molar-refractivity contribution < 1.29 is 14.1 Å². The first-order chi connectivity index (χ1) is 9.65. The molecule has 1 aromatic carbocycles. The van der Waals surface area contributed by atoms with Gasteiger partial charge >= 0.3 is 5.63 Å². The molecule has 3 rings (SSSR count). The number of amides is 1. The summed E-state index contributed by atoms with van der Waals surface area (Å²) >= 11 is 0. The van der Waals surface area contributed by atoms with Crippen molar-refractivity contribution >= 4 is 16.9 Å². The van der Waals surface area contributed by atoms with Gasteiger partial charge in [-0.2, -0.15) is 0 Å². The van der Waals surface area contributed by atoms with Crippen LogP contribution in [0.25, 0.3) is 11.0 Å². The van der Waals surface area contributed by atoms with E-state index in [1.165, 1.54) is 4.90 Å². The third-order valence-electron chi connectivity index (χ3n) is 3.78. The highest BCUT2D eigenvalue weighted by Gasteiger charge is 2.25. The Morgan fingerprint density at radius 1 is 1.25 bits per heavy atom. The standard InChI is InChI=1S/C15H16N2O3/c1-16-6-8-17(9-7-16)14(18)12-10-11-4-2-3-5-13(11)20-15(12)19/h2-5,10H,6-9H2,1H3/p+1. The number of nitrogens with zero attached hydrogens (tertiary/aromatic N) is 1. The summed E-state index contributed by atoms with van der Waals surface area (Å²) in [7, 11) is 2.10. The van der Waals surface area contributed by atoms with Crippen LogP contribution in [0.3, 0.4) is 0 Å². The first kappa shape index (κ1) is 12.9. The van der Waals surface area contributed by atoms with E-state index in [2.05, 4.69) is 7.05 Å². The van der Waals surface area contributed by atoms with E-state index in [0.29, 0.717) is 18.7 Å². The topological polar surface area (TPSA) is 55.0 Å². The third kappa shape index (κ3) is 2.32. The van der Waals surface area contributed by atoms with E-state index in [-0.39, 0.29) is 11.5 Å². The summed E-state index contributed by atoms with van der Waals surface area (Å²) in [4.78, 5) is 27.5. The second kappa shape index (κ2) is 5.09. The Kier molecular flexibility index (Phi) is 3.28. The minimum atomic E-state index is -0.556. The molecule has 5 nitrogen and oxygen atoms in total. The SMILES string of the molecule is C[NH+]1CCN(C(=O)c2cc3ccccc3oc2=O)CC1. The smallest absolute Gasteiger partial charge is 0.349 e. The predicted molar refractivity (Wildman–Crippen MR) is 75.0 cm³/mol. The Balaban J connectivity index is 1.95. The fourth-order valence-electron chi connectivity index (χ4n) is 2.47. The van der Waals surface area contributed by atoms with Crippen LogP contribution in [0, 0.1) is 0 Å². The van der Waals surface area contributed by atoms with Crippen molar-refractivity contribution in [3.63, 3.8) is 0 Å². The molecule has 1 aliphatic heterocycles. The number of hydrogen-bond acceptors (Lipinski definition) is 3. The molecular formula is C15H17N2O3+. The zero-order valence-electron chi connectivity index (χ0n) is 11.4. The minimum Gasteiger partial charge on any atom is -0.422 e. The first-order valence-electron chi connectivity index (χ1n) is 6.78. The Bertz CT molecular complexity index is 700. The van der Waals surface area contributed by atoms with Crippen molar-refractivity contribution in [1.29, 1.82) is 0 Å². The summed E-state index contributed by atoms with van der Waals surface area (Å²) < 4.78 is 5.22. The van der Waals surface area contributed by atoms with Crippen molar-refractivity contribution in [2.45, 2.75) is 0 Å². The lowest BCUT2D eigenvalue weighted by atomic mass is 10.1. The Morgan fingerprint density at radius 3 is 2.70 bits per heavy atom. The van der Waals surface area contributed by atoms with Crippen molar-refractivity contribution in [2.24, 2.45) is 0 Å². The quantitative estimate of drug-likeness (QED) is 0.730. The number of carbonyl (C=O) groups is 1. The van der Waals surface area contributed by atoms with Gasteiger partial charge in [0, 0.05) is 5.39 Å². The number of piperazine rings is 1. The van der Waals surface area contributed by atoms with Gasteiger partial charge in [0.1, 0.15) is 11.1 Å². The van der Waals surface area contributed by atoms with Crippen LogP contribution < -0.4 is 10.5 Å². The van der Waals surface area contributed by atoms with Crippen LogP contribution in [0.2, 0.25) is 0 Å². The predicted octanol–water partition coefficient (Wildman–Crippen LogP) is -0.236. The van der Waals surface area contributed by atoms with Crippen molar-refractivity contribution in [1.82, 2.24) is 4.90 Å². The lowest BCUT2D eigenvalue weighted by molar-refractivity contribution is -0.883. The number of fused-ring (bicyclic) bond motifs is 1. The molecule has 0 spiro atoms. The average Bonchev–Trinajstić information content (AvgIpc) is 2.46. The van der Waals surface area contributed by atoms with Gasteiger partial charge in [0.15, 0.2) is 0 Å². The summed E-state index contributed by atoms with van der Waals surface area (Å²) in [6.45, 7) is 3.17. The molecule has 0 radical (unpaired) electrons. The highest BCUT2D eigenvalue weighted by atomic mass is 16.4. The molecule has 1 aliphatic rings. The highest BCUT2D eigenvalue weighted by molar-refractivity contribution is 5.96. The monoisotopic (exact) mass is 273 g/mol. The molecular weight excluding hydrogens is 256 g/mol. The van der Waals surface area contributed by atoms with E-state index in [1.54, 1.807) is 23.1 Å². The second-order valence-electron chi connectivity index (χ2n) is 5.23. The zero-order valence-corrected chi connectivity index (χ0v) is 11.4. The molecule has 2 heterocycles. The molecule has 0 saturated carbocycles. The van der Waals surface area contributed by atoms with Gasteiger partial charge in [-0.25, -0.2) is 4.79 Å². The fraction of sp³-hybridized carbons (Fsp3) is 0.333. The van der Waals surface area contributed by atoms with Crippen molar-refractivity contribution in [3.05, 3.63) is 46.3 Å². The molecule has 1 amide bonds. The number of rotatable bonds is 1. The minimum absolute atomic E-state index is 0.128. The van der Waals surface area contributed by atoms with Gasteiger partial charge in [-0.05, 0) is 12.1 Å². The van der Waals surface area contributed by atoms with E-state index in [0.717, 1.165) is 18.5 Å². The normalized spacial score (nSPS) is 16.6. The molecule has 0 atom stereocenters. The zero-order chi connectivity index (χ0) is 14.1. The molecule has 1 fully saturated rings. The third-order valence-corrected chi connectivity index (χ3v) is 3.78. The number of benzene rings is 1. The molecule has 0 unspecified atom stereocenters. The van der Waals surface area contributed by atoms with Crippen LogP contribution in [-0.4, -0.2) is 44.0 Å². The Morgan fingerprint density at radius 2 is 1.95 bits per heavy atom. The molecule has 20 heavy (non-hydrogen) atoms. The molecule has 104 valence electrons. The van der Waals surface area contributed by atoms with Gasteiger partial charge in [-0.15, -0.1) is 0 Å². The highest BCUT2D eigenvalue weighted by Crippen LogP contribution is 2.13. The summed E-state index contributed by atoms with van der Waals surface area (Å²) in [5.41, 5.74) is 0.0834. The van der Waals surface area contributed by atoms with Gasteiger partial charge < -0.3 is 14.2 Å². The number of para-hydroxylation sites is 1. The molecule has 1 aromatic heterocycles. The number of likely N-dealkylation sites (N-methyl/N-ethyl adjacent to an activating group) is 1. The van der Waals surface area contributed by atoms with Gasteiger partial charge in [-0.3, -0.25) is 4.79 Å². The van der Waals surface area contributed by atoms with Gasteiger partial charge in [0.05, 0.1) is 33.2 Å². The van der Waals surface area contributed by atoms with E-state index >= 15 is 0 Å². The molecule has 0 aliphatic carbocycles. The molecule has 0 bridgehead atoms. The van der Waals surface area contributed by atoms with Crippen molar-refractivity contribution in [3.8, 4) is 0 Å². The fourth-order valence-corrected chi connectivity index (χ4v) is 2.47. The molecule has 1 saturated heterocycles. The first-order valence-corrected chi connectivity index (χ1v) is 6.78. The van der Waals surface area contributed by atoms with E-state index in [4.69, 9.17) is 4.42 Å². The van der Waals surface area contributed by atoms with Gasteiger partial charge in [-0.1, -0.05) is 18.2 Å². The number of hydrogen-bond donors (Lipinski definition) is 1. The van der Waals surface area contributed by atoms with E-state index in [9.17, 15) is 9.59 Å². The average molecular weight is 273 g/mol. The summed E-state index contributed by atoms with van der Waals surface area (Å²) in [6.07, 6.45) is 0. The van der Waals surface area contributed by atoms with Crippen LogP contribution in [0.1, 0.15) is 10.4 Å². The number of quaternary nitrogens is 1. The van der Waals surface area contributed by atoms with Crippen LogP contribution in [0.4, 0.5) is 0 Å². The second-order valence-corrected chi connectivity index (χ2v) is 5.23. The number of carbonyl (C=O) groups excluding carboxylic acids is 1. The summed E-state index contributed by atoms with van der Waals surface area (Å²) in [5, 5.41) is 0.773. The molecule has 1 N–H and O–H groups in total. The van der Waals surface area contributed by atoms with Crippen molar-refractivity contribution in [2.75, 3.05) is 33.2 Å². The molecule has 5 heteroatoms. The van der Waals surface area contributed by atoms with E-state index in [1.807, 2.05) is 12.1 Å². The Hall–Kier alpha value is -2.14. The van der Waals surface area contributed by atoms with Crippen LogP contribution >= 0.6 is 0 Å².